The van der Waals surface area contributed by atoms with E-state index in [0.29, 0.717) is 6.04 Å². The molecule has 0 fully saturated rings. The summed E-state index contributed by atoms with van der Waals surface area (Å²) in [5.74, 6) is 0. The maximum atomic E-state index is 3.63. The zero-order valence-electron chi connectivity index (χ0n) is 12.0. The summed E-state index contributed by atoms with van der Waals surface area (Å²) in [5.41, 5.74) is 2.82. The van der Waals surface area contributed by atoms with Gasteiger partial charge in [-0.2, -0.15) is 0 Å². The van der Waals surface area contributed by atoms with Crippen LogP contribution in [-0.4, -0.2) is 6.54 Å². The number of nitrogens with one attached hydrogen (secondary N) is 1. The third-order valence-electron chi connectivity index (χ3n) is 3.74. The SMILES string of the molecule is CCNC(Cc1cccc2ccccc12)c1csc(I)c1. The third kappa shape index (κ3) is 3.47. The molecular formula is C18H18INS. The van der Waals surface area contributed by atoms with Gasteiger partial charge >= 0.3 is 0 Å². The Morgan fingerprint density at radius 2 is 1.95 bits per heavy atom. The van der Waals surface area contributed by atoms with E-state index in [0.717, 1.165) is 13.0 Å². The van der Waals surface area contributed by atoms with Crippen LogP contribution in [0.25, 0.3) is 10.8 Å². The maximum Gasteiger partial charge on any atom is 0.0656 e. The fraction of sp³-hybridized carbons (Fsp3) is 0.222. The second-order valence-corrected chi connectivity index (χ2v) is 7.94. The van der Waals surface area contributed by atoms with Crippen molar-refractivity contribution in [3.05, 3.63) is 67.9 Å². The van der Waals surface area contributed by atoms with Crippen LogP contribution in [0.15, 0.2) is 53.9 Å². The van der Waals surface area contributed by atoms with Crippen molar-refractivity contribution in [3.8, 4) is 0 Å². The van der Waals surface area contributed by atoms with Gasteiger partial charge in [0.25, 0.3) is 0 Å². The van der Waals surface area contributed by atoms with Gasteiger partial charge in [-0.15, -0.1) is 11.3 Å². The zero-order valence-corrected chi connectivity index (χ0v) is 14.9. The Kier molecular flexibility index (Phi) is 4.93. The Morgan fingerprint density at radius 1 is 1.14 bits per heavy atom. The van der Waals surface area contributed by atoms with Crippen LogP contribution in [0, 0.1) is 2.88 Å². The molecule has 0 radical (unpaired) electrons. The highest BCUT2D eigenvalue weighted by atomic mass is 127. The Hall–Kier alpha value is -0.910. The van der Waals surface area contributed by atoms with E-state index in [1.165, 1.54) is 24.8 Å². The number of rotatable bonds is 5. The minimum Gasteiger partial charge on any atom is -0.310 e. The number of fused-ring (bicyclic) bond motifs is 1. The van der Waals surface area contributed by atoms with E-state index in [1.54, 1.807) is 0 Å². The van der Waals surface area contributed by atoms with E-state index in [9.17, 15) is 0 Å². The standard InChI is InChI=1S/C18H18INS/c1-2-20-17(15-11-18(19)21-12-15)10-14-8-5-7-13-6-3-4-9-16(13)14/h3-9,11-12,17,20H,2,10H2,1H3. The van der Waals surface area contributed by atoms with E-state index in [2.05, 4.69) is 88.7 Å². The molecule has 21 heavy (non-hydrogen) atoms. The Balaban J connectivity index is 1.94. The van der Waals surface area contributed by atoms with E-state index in [1.807, 2.05) is 11.3 Å². The van der Waals surface area contributed by atoms with E-state index < -0.39 is 0 Å². The summed E-state index contributed by atoms with van der Waals surface area (Å²) in [7, 11) is 0. The first kappa shape index (κ1) is 15.0. The number of hydrogen-bond acceptors (Lipinski definition) is 2. The Labute approximate surface area is 143 Å². The third-order valence-corrected chi connectivity index (χ3v) is 5.55. The van der Waals surface area contributed by atoms with Crippen LogP contribution >= 0.6 is 33.9 Å². The Bertz CT molecular complexity index is 729. The summed E-state index contributed by atoms with van der Waals surface area (Å²) in [6, 6.07) is 17.9. The topological polar surface area (TPSA) is 12.0 Å². The molecule has 0 aliphatic carbocycles. The molecule has 0 saturated heterocycles. The zero-order chi connectivity index (χ0) is 14.7. The van der Waals surface area contributed by atoms with Gasteiger partial charge < -0.3 is 5.32 Å². The van der Waals surface area contributed by atoms with E-state index in [-0.39, 0.29) is 0 Å². The van der Waals surface area contributed by atoms with Gasteiger partial charge in [0.2, 0.25) is 0 Å². The fourth-order valence-corrected chi connectivity index (χ4v) is 4.18. The van der Waals surface area contributed by atoms with Crippen LogP contribution in [0.2, 0.25) is 0 Å². The van der Waals surface area contributed by atoms with Crippen molar-refractivity contribution in [1.29, 1.82) is 0 Å². The largest absolute Gasteiger partial charge is 0.310 e. The van der Waals surface area contributed by atoms with Crippen molar-refractivity contribution in [3.63, 3.8) is 0 Å². The van der Waals surface area contributed by atoms with Gasteiger partial charge in [-0.3, -0.25) is 0 Å². The van der Waals surface area contributed by atoms with Crippen LogP contribution in [0.3, 0.4) is 0 Å². The minimum atomic E-state index is 0.389. The van der Waals surface area contributed by atoms with Crippen LogP contribution in [0.4, 0.5) is 0 Å². The molecule has 0 aliphatic heterocycles. The Morgan fingerprint density at radius 3 is 2.71 bits per heavy atom. The van der Waals surface area contributed by atoms with Crippen LogP contribution < -0.4 is 5.32 Å². The lowest BCUT2D eigenvalue weighted by molar-refractivity contribution is 0.552. The molecule has 1 atom stereocenters. The van der Waals surface area contributed by atoms with Gasteiger partial charge in [0, 0.05) is 6.04 Å². The molecule has 108 valence electrons. The van der Waals surface area contributed by atoms with Crippen LogP contribution in [0.1, 0.15) is 24.1 Å². The average Bonchev–Trinajstić information content (AvgIpc) is 2.94. The van der Waals surface area contributed by atoms with Crippen LogP contribution in [0.5, 0.6) is 0 Å². The van der Waals surface area contributed by atoms with Gasteiger partial charge in [0.1, 0.15) is 0 Å². The molecule has 1 nitrogen and oxygen atoms in total. The minimum absolute atomic E-state index is 0.389. The number of benzene rings is 2. The second-order valence-electron chi connectivity index (χ2n) is 5.14. The lowest BCUT2D eigenvalue weighted by atomic mass is 9.96. The van der Waals surface area contributed by atoms with Gasteiger partial charge in [-0.1, -0.05) is 49.4 Å². The summed E-state index contributed by atoms with van der Waals surface area (Å²) in [6.45, 7) is 3.16. The summed E-state index contributed by atoms with van der Waals surface area (Å²) in [6.07, 6.45) is 1.03. The first-order valence-electron chi connectivity index (χ1n) is 7.22. The van der Waals surface area contributed by atoms with Gasteiger partial charge in [-0.25, -0.2) is 0 Å². The fourth-order valence-electron chi connectivity index (χ4n) is 2.75. The normalized spacial score (nSPS) is 12.7. The van der Waals surface area contributed by atoms with Crippen molar-refractivity contribution in [1.82, 2.24) is 5.32 Å². The van der Waals surface area contributed by atoms with E-state index in [4.69, 9.17) is 0 Å². The molecule has 0 aliphatic rings. The predicted molar refractivity (Wildman–Crippen MR) is 101 cm³/mol. The molecule has 0 spiro atoms. The molecule has 1 heterocycles. The van der Waals surface area contributed by atoms with Crippen molar-refractivity contribution in [2.24, 2.45) is 0 Å². The molecule has 2 aromatic carbocycles. The van der Waals surface area contributed by atoms with E-state index >= 15 is 0 Å². The van der Waals surface area contributed by atoms with Crippen molar-refractivity contribution < 1.29 is 0 Å². The van der Waals surface area contributed by atoms with Gasteiger partial charge in [0.05, 0.1) is 2.88 Å². The smallest absolute Gasteiger partial charge is 0.0656 e. The molecule has 1 unspecified atom stereocenters. The maximum absolute atomic E-state index is 3.63. The summed E-state index contributed by atoms with van der Waals surface area (Å²) < 4.78 is 1.35. The lowest BCUT2D eigenvalue weighted by Crippen LogP contribution is -2.22. The molecule has 3 aromatic rings. The van der Waals surface area contributed by atoms with Crippen molar-refractivity contribution >= 4 is 44.7 Å². The molecular weight excluding hydrogens is 389 g/mol. The monoisotopic (exact) mass is 407 g/mol. The first-order chi connectivity index (χ1) is 10.3. The summed E-state index contributed by atoms with van der Waals surface area (Å²) in [4.78, 5) is 0. The van der Waals surface area contributed by atoms with Gasteiger partial charge in [-0.05, 0) is 68.9 Å². The van der Waals surface area contributed by atoms with Crippen molar-refractivity contribution in [2.75, 3.05) is 6.54 Å². The van der Waals surface area contributed by atoms with Gasteiger partial charge in [0.15, 0.2) is 0 Å². The highest BCUT2D eigenvalue weighted by Gasteiger charge is 2.14. The quantitative estimate of drug-likeness (QED) is 0.559. The number of hydrogen-bond donors (Lipinski definition) is 1. The van der Waals surface area contributed by atoms with Crippen molar-refractivity contribution in [2.45, 2.75) is 19.4 Å². The second kappa shape index (κ2) is 6.90. The summed E-state index contributed by atoms with van der Waals surface area (Å²) in [5, 5.41) is 8.60. The molecule has 1 N–H and O–H groups in total. The average molecular weight is 407 g/mol. The number of halogens is 1. The first-order valence-corrected chi connectivity index (χ1v) is 9.17. The highest BCUT2D eigenvalue weighted by molar-refractivity contribution is 14.1. The number of thiophene rings is 1. The number of likely N-dealkylation sites (N-methyl/N-ethyl adjacent to an activating group) is 1. The molecule has 0 saturated carbocycles. The molecule has 0 amide bonds. The molecule has 3 rings (SSSR count). The summed E-state index contributed by atoms with van der Waals surface area (Å²) >= 11 is 4.22. The highest BCUT2D eigenvalue weighted by Crippen LogP contribution is 2.28. The molecule has 3 heteroatoms. The molecule has 1 aromatic heterocycles. The lowest BCUT2D eigenvalue weighted by Gasteiger charge is -2.18. The predicted octanol–water partition coefficient (Wildman–Crippen LogP) is 5.40. The molecule has 0 bridgehead atoms. The van der Waals surface area contributed by atoms with Crippen LogP contribution in [-0.2, 0) is 6.42 Å².